The van der Waals surface area contributed by atoms with E-state index in [9.17, 15) is 9.59 Å². The quantitative estimate of drug-likeness (QED) is 0.812. The molecule has 0 spiro atoms. The lowest BCUT2D eigenvalue weighted by Crippen LogP contribution is -2.57. The number of hydrogen-bond acceptors (Lipinski definition) is 4. The summed E-state index contributed by atoms with van der Waals surface area (Å²) in [5.74, 6) is 0.467. The van der Waals surface area contributed by atoms with Gasteiger partial charge in [0, 0.05) is 29.3 Å². The van der Waals surface area contributed by atoms with Gasteiger partial charge in [-0.15, -0.1) is 0 Å². The maximum Gasteiger partial charge on any atom is 0.252 e. The molecule has 5 nitrogen and oxygen atoms in total. The Hall–Kier alpha value is -2.31. The maximum absolute atomic E-state index is 13.1. The molecule has 0 aliphatic carbocycles. The van der Waals surface area contributed by atoms with E-state index >= 15 is 0 Å². The number of carbonyl (C=O) groups is 2. The van der Waals surface area contributed by atoms with Gasteiger partial charge in [-0.1, -0.05) is 36.0 Å². The zero-order valence-electron chi connectivity index (χ0n) is 16.0. The molecule has 6 heteroatoms. The fourth-order valence-electron chi connectivity index (χ4n) is 4.08. The van der Waals surface area contributed by atoms with Crippen LogP contribution >= 0.6 is 11.8 Å². The van der Waals surface area contributed by atoms with Crippen LogP contribution in [-0.4, -0.2) is 42.4 Å². The molecule has 2 bridgehead atoms. The van der Waals surface area contributed by atoms with Gasteiger partial charge in [0.05, 0.1) is 11.3 Å². The van der Waals surface area contributed by atoms with Crippen LogP contribution in [0.25, 0.3) is 0 Å². The van der Waals surface area contributed by atoms with Crippen LogP contribution in [0.1, 0.15) is 30.1 Å². The predicted molar refractivity (Wildman–Crippen MR) is 112 cm³/mol. The lowest BCUT2D eigenvalue weighted by molar-refractivity contribution is -0.114. The molecule has 2 aromatic rings. The minimum absolute atomic E-state index is 0.0149. The Morgan fingerprint density at radius 3 is 2.36 bits per heavy atom. The van der Waals surface area contributed by atoms with Gasteiger partial charge >= 0.3 is 0 Å². The zero-order valence-corrected chi connectivity index (χ0v) is 16.8. The molecule has 3 heterocycles. The summed E-state index contributed by atoms with van der Waals surface area (Å²) in [6.07, 6.45) is 2.34. The number of fused-ring (bicyclic) bond motifs is 3. The van der Waals surface area contributed by atoms with Crippen LogP contribution in [0, 0.1) is 5.92 Å². The van der Waals surface area contributed by atoms with Gasteiger partial charge < -0.3 is 15.5 Å². The van der Waals surface area contributed by atoms with Crippen LogP contribution in [0.2, 0.25) is 0 Å². The zero-order chi connectivity index (χ0) is 19.5. The molecule has 3 aliphatic heterocycles. The fourth-order valence-corrected chi connectivity index (χ4v) is 5.11. The number of anilines is 1. The number of para-hydroxylation sites is 1. The molecule has 3 saturated heterocycles. The molecule has 28 heavy (non-hydrogen) atoms. The molecule has 5 rings (SSSR count). The summed E-state index contributed by atoms with van der Waals surface area (Å²) in [6, 6.07) is 15.6. The summed E-state index contributed by atoms with van der Waals surface area (Å²) in [5.41, 5.74) is 1.44. The Labute approximate surface area is 169 Å². The molecular weight excluding hydrogens is 370 g/mol. The number of piperidine rings is 3. The first-order valence-electron chi connectivity index (χ1n) is 9.77. The molecule has 0 aromatic heterocycles. The number of nitrogens with one attached hydrogen (secondary N) is 2. The Kier molecular flexibility index (Phi) is 5.69. The number of nitrogens with zero attached hydrogens (tertiary/aromatic N) is 1. The van der Waals surface area contributed by atoms with E-state index in [1.54, 1.807) is 0 Å². The molecule has 1 atom stereocenters. The van der Waals surface area contributed by atoms with Crippen LogP contribution in [0.4, 0.5) is 5.69 Å². The minimum Gasteiger partial charge on any atom is -0.348 e. The van der Waals surface area contributed by atoms with Crippen LogP contribution in [0.15, 0.2) is 58.3 Å². The van der Waals surface area contributed by atoms with E-state index in [0.717, 1.165) is 35.1 Å². The fraction of sp³-hybridized carbons (Fsp3) is 0.364. The van der Waals surface area contributed by atoms with Crippen molar-refractivity contribution in [3.05, 3.63) is 54.1 Å². The average molecular weight is 396 g/mol. The number of benzene rings is 2. The van der Waals surface area contributed by atoms with Gasteiger partial charge in [-0.25, -0.2) is 0 Å². The highest BCUT2D eigenvalue weighted by atomic mass is 32.2. The van der Waals surface area contributed by atoms with Crippen molar-refractivity contribution < 1.29 is 9.59 Å². The number of carbonyl (C=O) groups excluding carboxylic acids is 2. The number of rotatable bonds is 5. The Balaban J connectivity index is 1.53. The molecule has 0 saturated carbocycles. The van der Waals surface area contributed by atoms with E-state index in [2.05, 4.69) is 15.5 Å². The molecule has 3 aliphatic rings. The molecule has 2 N–H and O–H groups in total. The summed E-state index contributed by atoms with van der Waals surface area (Å²) in [4.78, 5) is 28.8. The van der Waals surface area contributed by atoms with E-state index in [1.807, 2.05) is 48.5 Å². The SMILES string of the molecule is CC(=O)Nc1ccccc1Sc1ccccc1C(=O)N[C@H]1CN2CCC1CC2. The summed E-state index contributed by atoms with van der Waals surface area (Å²) in [7, 11) is 0. The second-order valence-corrected chi connectivity index (χ2v) is 8.58. The lowest BCUT2D eigenvalue weighted by Gasteiger charge is -2.45. The van der Waals surface area contributed by atoms with Crippen molar-refractivity contribution in [2.75, 3.05) is 25.0 Å². The van der Waals surface area contributed by atoms with Crippen molar-refractivity contribution in [1.29, 1.82) is 0 Å². The van der Waals surface area contributed by atoms with Crippen LogP contribution in [0.3, 0.4) is 0 Å². The molecule has 0 unspecified atom stereocenters. The second kappa shape index (κ2) is 8.37. The van der Waals surface area contributed by atoms with Gasteiger partial charge in [0.1, 0.15) is 0 Å². The Morgan fingerprint density at radius 2 is 1.68 bits per heavy atom. The minimum atomic E-state index is -0.110. The highest BCUT2D eigenvalue weighted by Crippen LogP contribution is 2.35. The van der Waals surface area contributed by atoms with E-state index in [-0.39, 0.29) is 17.9 Å². The Morgan fingerprint density at radius 1 is 1.00 bits per heavy atom. The van der Waals surface area contributed by atoms with Crippen molar-refractivity contribution in [3.63, 3.8) is 0 Å². The maximum atomic E-state index is 13.1. The summed E-state index contributed by atoms with van der Waals surface area (Å²) in [6.45, 7) is 4.76. The molecule has 146 valence electrons. The van der Waals surface area contributed by atoms with Crippen molar-refractivity contribution >= 4 is 29.3 Å². The smallest absolute Gasteiger partial charge is 0.252 e. The number of amides is 2. The molecule has 2 amide bonds. The summed E-state index contributed by atoms with van der Waals surface area (Å²) in [5, 5.41) is 6.14. The predicted octanol–water partition coefficient (Wildman–Crippen LogP) is 3.62. The van der Waals surface area contributed by atoms with Crippen LogP contribution in [-0.2, 0) is 4.79 Å². The topological polar surface area (TPSA) is 61.4 Å². The van der Waals surface area contributed by atoms with Crippen LogP contribution < -0.4 is 10.6 Å². The third-order valence-corrected chi connectivity index (χ3v) is 6.67. The van der Waals surface area contributed by atoms with Crippen molar-refractivity contribution in [2.45, 2.75) is 35.6 Å². The lowest BCUT2D eigenvalue weighted by atomic mass is 9.84. The van der Waals surface area contributed by atoms with Crippen molar-refractivity contribution in [3.8, 4) is 0 Å². The molecule has 0 radical (unpaired) electrons. The Bertz CT molecular complexity index is 878. The average Bonchev–Trinajstić information content (AvgIpc) is 2.70. The standard InChI is InChI=1S/C22H25N3O2S/c1-15(26)23-18-7-3-5-9-21(18)28-20-8-4-2-6-17(20)22(27)24-19-14-25-12-10-16(19)11-13-25/h2-9,16,19H,10-14H2,1H3,(H,23,26)(H,24,27)/t19-/m0/s1. The molecule has 2 aromatic carbocycles. The van der Waals surface area contributed by atoms with Gasteiger partial charge in [-0.2, -0.15) is 0 Å². The van der Waals surface area contributed by atoms with Gasteiger partial charge in [-0.3, -0.25) is 9.59 Å². The van der Waals surface area contributed by atoms with Gasteiger partial charge in [0.2, 0.25) is 5.91 Å². The summed E-state index contributed by atoms with van der Waals surface area (Å²) >= 11 is 1.50. The van der Waals surface area contributed by atoms with Crippen molar-refractivity contribution in [1.82, 2.24) is 10.2 Å². The first kappa shape index (κ1) is 19.0. The largest absolute Gasteiger partial charge is 0.348 e. The molecular formula is C22H25N3O2S. The monoisotopic (exact) mass is 395 g/mol. The normalized spacial score (nSPS) is 23.2. The van der Waals surface area contributed by atoms with Gasteiger partial charge in [-0.05, 0) is 56.1 Å². The van der Waals surface area contributed by atoms with E-state index in [1.165, 1.54) is 31.5 Å². The van der Waals surface area contributed by atoms with E-state index in [0.29, 0.717) is 11.5 Å². The van der Waals surface area contributed by atoms with Gasteiger partial charge in [0.25, 0.3) is 5.91 Å². The van der Waals surface area contributed by atoms with E-state index in [4.69, 9.17) is 0 Å². The summed E-state index contributed by atoms with van der Waals surface area (Å²) < 4.78 is 0. The van der Waals surface area contributed by atoms with Crippen LogP contribution in [0.5, 0.6) is 0 Å². The second-order valence-electron chi connectivity index (χ2n) is 7.49. The first-order valence-corrected chi connectivity index (χ1v) is 10.6. The first-order chi connectivity index (χ1) is 13.6. The third-order valence-electron chi connectivity index (χ3n) is 5.52. The van der Waals surface area contributed by atoms with Gasteiger partial charge in [0.15, 0.2) is 0 Å². The number of hydrogen-bond donors (Lipinski definition) is 2. The molecule has 3 fully saturated rings. The van der Waals surface area contributed by atoms with Crippen molar-refractivity contribution in [2.24, 2.45) is 5.92 Å². The van der Waals surface area contributed by atoms with E-state index < -0.39 is 0 Å². The highest BCUT2D eigenvalue weighted by Gasteiger charge is 2.35. The third kappa shape index (κ3) is 4.23. The highest BCUT2D eigenvalue weighted by molar-refractivity contribution is 7.99.